The van der Waals surface area contributed by atoms with E-state index in [9.17, 15) is 9.59 Å². The van der Waals surface area contributed by atoms with Crippen molar-refractivity contribution < 1.29 is 4.79 Å². The van der Waals surface area contributed by atoms with Crippen LogP contribution in [0.25, 0.3) is 47.9 Å². The Morgan fingerprint density at radius 1 is 1.15 bits per heavy atom. The monoisotopic (exact) mass is 492 g/mol. The zero-order valence-corrected chi connectivity index (χ0v) is 19.5. The largest absolute Gasteiger partial charge is 0.328 e. The third kappa shape index (κ3) is 5.32. The van der Waals surface area contributed by atoms with Gasteiger partial charge in [0.1, 0.15) is 14.7 Å². The Morgan fingerprint density at radius 3 is 2.47 bits per heavy atom. The van der Waals surface area contributed by atoms with Gasteiger partial charge in [-0.25, -0.2) is 9.97 Å². The van der Waals surface area contributed by atoms with Gasteiger partial charge in [0.15, 0.2) is 0 Å². The van der Waals surface area contributed by atoms with Crippen LogP contribution in [-0.2, 0) is 18.9 Å². The lowest BCUT2D eigenvalue weighted by molar-refractivity contribution is -0.113. The first kappa shape index (κ1) is 22.8. The summed E-state index contributed by atoms with van der Waals surface area (Å²) in [6.07, 6.45) is 11.5. The van der Waals surface area contributed by atoms with Crippen molar-refractivity contribution in [2.24, 2.45) is 19.2 Å². The fraction of sp³-hybridized carbons (Fsp3) is 0.100. The van der Waals surface area contributed by atoms with Crippen molar-refractivity contribution in [1.29, 1.82) is 0 Å². The lowest BCUT2D eigenvalue weighted by Crippen LogP contribution is -2.01. The van der Waals surface area contributed by atoms with E-state index in [-0.39, 0.29) is 5.56 Å². The molecule has 5 aromatic heterocycles. The minimum absolute atomic E-state index is 0.0925. The van der Waals surface area contributed by atoms with E-state index in [1.807, 2.05) is 31.9 Å². The molecule has 0 saturated carbocycles. The number of carbonyl (C=O) groups excluding carboxylic acids is 1. The SMILES string of the molecule is Cn1cc(-c2nc(/C=C/C(=O)N=[N+]=[N-])cs2)cn1.Cn1cc(-c2nc3cc[nH]c(=O)c3s2)cn1. The third-order valence-corrected chi connectivity index (χ3v) is 6.31. The van der Waals surface area contributed by atoms with Crippen molar-refractivity contribution in [2.45, 2.75) is 0 Å². The quantitative estimate of drug-likeness (QED) is 0.174. The molecule has 1 amide bonds. The Bertz CT molecular complexity index is 1600. The normalized spacial score (nSPS) is 10.8. The topological polar surface area (TPSA) is 160 Å². The van der Waals surface area contributed by atoms with E-state index in [1.54, 1.807) is 34.0 Å². The number of aromatic nitrogens is 7. The molecule has 1 N–H and O–H groups in total. The number of fused-ring (bicyclic) bond motifs is 1. The number of carbonyl (C=O) groups is 1. The molecule has 14 heteroatoms. The second-order valence-electron chi connectivity index (χ2n) is 6.78. The number of amides is 1. The van der Waals surface area contributed by atoms with Crippen LogP contribution in [0, 0.1) is 0 Å². The van der Waals surface area contributed by atoms with Gasteiger partial charge in [-0.05, 0) is 28.9 Å². The maximum atomic E-state index is 11.5. The molecule has 5 heterocycles. The van der Waals surface area contributed by atoms with Gasteiger partial charge in [-0.15, -0.1) is 22.7 Å². The smallest absolute Gasteiger partial charge is 0.267 e. The van der Waals surface area contributed by atoms with Crippen molar-refractivity contribution >= 4 is 44.9 Å². The van der Waals surface area contributed by atoms with Gasteiger partial charge in [0.2, 0.25) is 5.91 Å². The third-order valence-electron chi connectivity index (χ3n) is 4.28. The van der Waals surface area contributed by atoms with Crippen LogP contribution < -0.4 is 5.56 Å². The predicted molar refractivity (Wildman–Crippen MR) is 130 cm³/mol. The molecule has 0 aliphatic carbocycles. The van der Waals surface area contributed by atoms with E-state index in [1.165, 1.54) is 34.8 Å². The van der Waals surface area contributed by atoms with E-state index in [2.05, 4.69) is 35.2 Å². The summed E-state index contributed by atoms with van der Waals surface area (Å²) in [7, 11) is 3.68. The van der Waals surface area contributed by atoms with Crippen LogP contribution in [0.15, 0.2) is 58.4 Å². The first-order chi connectivity index (χ1) is 16.4. The summed E-state index contributed by atoms with van der Waals surface area (Å²) < 4.78 is 4.06. The summed E-state index contributed by atoms with van der Waals surface area (Å²) >= 11 is 2.83. The standard InChI is InChI=1S/C10H8N6OS.C10H8N4OS/c1-16-5-7(4-12-16)10-13-8(6-18-10)2-3-9(17)14-15-11;1-14-5-6(4-12-14)10-13-7-2-3-11-9(15)8(7)16-10/h2-6H,1H3;2-5H,1H3,(H,11,15)/b3-2+;. The maximum Gasteiger partial charge on any atom is 0.267 e. The molecule has 170 valence electrons. The lowest BCUT2D eigenvalue weighted by atomic mass is 10.3. The molecule has 12 nitrogen and oxygen atoms in total. The van der Waals surface area contributed by atoms with Crippen LogP contribution in [0.4, 0.5) is 0 Å². The summed E-state index contributed by atoms with van der Waals surface area (Å²) in [6, 6.07) is 1.80. The number of rotatable bonds is 4. The van der Waals surface area contributed by atoms with E-state index < -0.39 is 5.91 Å². The number of azide groups is 1. The molecule has 5 rings (SSSR count). The van der Waals surface area contributed by atoms with Gasteiger partial charge in [0, 0.05) is 54.1 Å². The number of H-pyrrole nitrogens is 1. The number of hydrogen-bond acceptors (Lipinski definition) is 8. The number of aromatic amines is 1. The fourth-order valence-corrected chi connectivity index (χ4v) is 4.48. The Balaban J connectivity index is 0.000000162. The Morgan fingerprint density at radius 2 is 1.85 bits per heavy atom. The molecular weight excluding hydrogens is 476 g/mol. The number of aryl methyl sites for hydroxylation is 2. The maximum absolute atomic E-state index is 11.5. The Labute approximate surface area is 199 Å². The molecule has 0 spiro atoms. The van der Waals surface area contributed by atoms with Crippen LogP contribution in [-0.4, -0.2) is 40.4 Å². The fourth-order valence-electron chi connectivity index (χ4n) is 2.79. The van der Waals surface area contributed by atoms with Crippen LogP contribution in [0.3, 0.4) is 0 Å². The molecule has 0 bridgehead atoms. The molecule has 0 saturated heterocycles. The zero-order valence-electron chi connectivity index (χ0n) is 17.9. The van der Waals surface area contributed by atoms with Gasteiger partial charge >= 0.3 is 0 Å². The van der Waals surface area contributed by atoms with Crippen molar-refractivity contribution in [3.8, 4) is 21.1 Å². The molecule has 0 aliphatic rings. The second kappa shape index (κ2) is 10.0. The molecule has 5 aromatic rings. The molecule has 0 unspecified atom stereocenters. The highest BCUT2D eigenvalue weighted by atomic mass is 32.1. The molecule has 0 radical (unpaired) electrons. The highest BCUT2D eigenvalue weighted by molar-refractivity contribution is 7.21. The van der Waals surface area contributed by atoms with Gasteiger partial charge in [-0.3, -0.25) is 19.0 Å². The van der Waals surface area contributed by atoms with Gasteiger partial charge in [-0.1, -0.05) is 0 Å². The van der Waals surface area contributed by atoms with Crippen molar-refractivity contribution in [2.75, 3.05) is 0 Å². The molecule has 0 aliphatic heterocycles. The minimum atomic E-state index is -0.645. The number of thiazole rings is 2. The van der Waals surface area contributed by atoms with Crippen molar-refractivity contribution in [3.05, 3.63) is 75.0 Å². The second-order valence-corrected chi connectivity index (χ2v) is 8.64. The van der Waals surface area contributed by atoms with Crippen LogP contribution in [0.2, 0.25) is 0 Å². The first-order valence-corrected chi connectivity index (χ1v) is 11.3. The van der Waals surface area contributed by atoms with E-state index in [0.29, 0.717) is 10.4 Å². The highest BCUT2D eigenvalue weighted by Gasteiger charge is 2.09. The predicted octanol–water partition coefficient (Wildman–Crippen LogP) is 3.78. The summed E-state index contributed by atoms with van der Waals surface area (Å²) in [6.45, 7) is 0. The van der Waals surface area contributed by atoms with Gasteiger partial charge in [0.25, 0.3) is 5.56 Å². The van der Waals surface area contributed by atoms with Gasteiger partial charge in [-0.2, -0.15) is 10.2 Å². The molecule has 0 atom stereocenters. The van der Waals surface area contributed by atoms with E-state index >= 15 is 0 Å². The molecular formula is C20H16N10O2S2. The Kier molecular flexibility index (Phi) is 6.73. The Hall–Kier alpha value is -4.39. The number of hydrogen-bond donors (Lipinski definition) is 1. The van der Waals surface area contributed by atoms with E-state index in [0.717, 1.165) is 26.7 Å². The average Bonchev–Trinajstić information content (AvgIpc) is 3.60. The number of pyridine rings is 1. The highest BCUT2D eigenvalue weighted by Crippen LogP contribution is 2.27. The van der Waals surface area contributed by atoms with E-state index in [4.69, 9.17) is 5.53 Å². The van der Waals surface area contributed by atoms with Gasteiger partial charge in [0.05, 0.1) is 23.6 Å². The minimum Gasteiger partial charge on any atom is -0.328 e. The number of nitrogens with one attached hydrogen (secondary N) is 1. The van der Waals surface area contributed by atoms with Crippen LogP contribution in [0.1, 0.15) is 5.69 Å². The summed E-state index contributed by atoms with van der Waals surface area (Å²) in [5.74, 6) is -0.645. The molecule has 0 aromatic carbocycles. The van der Waals surface area contributed by atoms with Gasteiger partial charge < -0.3 is 4.98 Å². The summed E-state index contributed by atoms with van der Waals surface area (Å²) in [5, 5.41) is 14.5. The lowest BCUT2D eigenvalue weighted by Gasteiger charge is -1.86. The van der Waals surface area contributed by atoms with Crippen molar-refractivity contribution in [1.82, 2.24) is 34.5 Å². The summed E-state index contributed by atoms with van der Waals surface area (Å²) in [4.78, 5) is 36.2. The van der Waals surface area contributed by atoms with Crippen molar-refractivity contribution in [3.63, 3.8) is 0 Å². The number of nitrogens with zero attached hydrogens (tertiary/aromatic N) is 9. The van der Waals surface area contributed by atoms with Crippen LogP contribution >= 0.6 is 22.7 Å². The zero-order chi connectivity index (χ0) is 24.1. The van der Waals surface area contributed by atoms with Crippen LogP contribution in [0.5, 0.6) is 0 Å². The molecule has 34 heavy (non-hydrogen) atoms. The summed E-state index contributed by atoms with van der Waals surface area (Å²) in [5.41, 5.74) is 11.2. The molecule has 0 fully saturated rings. The first-order valence-electron chi connectivity index (χ1n) is 9.62. The average molecular weight is 493 g/mol.